The van der Waals surface area contributed by atoms with Gasteiger partial charge in [0, 0.05) is 44.7 Å². The van der Waals surface area contributed by atoms with Gasteiger partial charge in [0.2, 0.25) is 0 Å². The lowest BCUT2D eigenvalue weighted by molar-refractivity contribution is -0.384. The van der Waals surface area contributed by atoms with Gasteiger partial charge in [-0.15, -0.1) is 11.3 Å². The van der Waals surface area contributed by atoms with Gasteiger partial charge in [0.25, 0.3) is 17.5 Å². The fourth-order valence-corrected chi connectivity index (χ4v) is 5.21. The van der Waals surface area contributed by atoms with Crippen LogP contribution in [-0.4, -0.2) is 83.2 Å². The van der Waals surface area contributed by atoms with Crippen LogP contribution in [0.3, 0.4) is 0 Å². The molecule has 1 saturated heterocycles. The summed E-state index contributed by atoms with van der Waals surface area (Å²) in [6.45, 7) is 3.74. The summed E-state index contributed by atoms with van der Waals surface area (Å²) in [6, 6.07) is 12.7. The second-order valence-corrected chi connectivity index (χ2v) is 9.93. The highest BCUT2D eigenvalue weighted by Crippen LogP contribution is 2.33. The molecule has 11 nitrogen and oxygen atoms in total. The van der Waals surface area contributed by atoms with Crippen LogP contribution in [0.25, 0.3) is 0 Å². The zero-order valence-corrected chi connectivity index (χ0v) is 21.4. The van der Waals surface area contributed by atoms with Gasteiger partial charge in [-0.3, -0.25) is 24.6 Å². The number of non-ortho nitro benzene ring substituents is 1. The highest BCUT2D eigenvalue weighted by atomic mass is 32.1. The van der Waals surface area contributed by atoms with E-state index in [9.17, 15) is 19.7 Å². The van der Waals surface area contributed by atoms with E-state index in [2.05, 4.69) is 10.0 Å². The lowest BCUT2D eigenvalue weighted by atomic mass is 10.0. The fraction of sp³-hybridized carbons (Fsp3) is 0.346. The number of amides is 2. The number of hydrogen-bond acceptors (Lipinski definition) is 9. The van der Waals surface area contributed by atoms with Crippen LogP contribution in [0, 0.1) is 10.1 Å². The molecule has 4 heterocycles. The van der Waals surface area contributed by atoms with Gasteiger partial charge in [0.15, 0.2) is 0 Å². The molecule has 12 heteroatoms. The van der Waals surface area contributed by atoms with E-state index in [0.29, 0.717) is 54.6 Å². The third kappa shape index (κ3) is 5.82. The summed E-state index contributed by atoms with van der Waals surface area (Å²) in [4.78, 5) is 41.9. The Morgan fingerprint density at radius 2 is 1.92 bits per heavy atom. The number of furan rings is 1. The van der Waals surface area contributed by atoms with Gasteiger partial charge in [-0.25, -0.2) is 5.01 Å². The van der Waals surface area contributed by atoms with Crippen LogP contribution in [0.2, 0.25) is 0 Å². The van der Waals surface area contributed by atoms with E-state index in [1.165, 1.54) is 34.7 Å². The second kappa shape index (κ2) is 11.7. The van der Waals surface area contributed by atoms with Gasteiger partial charge in [-0.2, -0.15) is 5.10 Å². The predicted octanol–water partition coefficient (Wildman–Crippen LogP) is 3.40. The molecular weight excluding hydrogens is 510 g/mol. The maximum atomic E-state index is 13.7. The molecule has 5 rings (SSSR count). The fourth-order valence-electron chi connectivity index (χ4n) is 4.52. The van der Waals surface area contributed by atoms with Gasteiger partial charge in [0.05, 0.1) is 35.0 Å². The first-order valence-electron chi connectivity index (χ1n) is 12.3. The monoisotopic (exact) mass is 537 g/mol. The standard InChI is InChI=1S/C26H27N5O6S/c32-25(18-29(26(33)24-4-2-16-38-24)10-9-28-11-14-36-15-12-28)30-22(23-3-1-13-37-23)17-21(27-30)19-5-7-20(8-6-19)31(34)35/h1-8,13,16,22H,9-12,14-15,17-18H2. The lowest BCUT2D eigenvalue weighted by Crippen LogP contribution is -2.46. The van der Waals surface area contributed by atoms with Crippen LogP contribution in [0.15, 0.2) is 69.7 Å². The third-order valence-corrected chi connectivity index (χ3v) is 7.44. The van der Waals surface area contributed by atoms with Crippen molar-refractivity contribution in [2.75, 3.05) is 45.9 Å². The molecule has 2 aromatic heterocycles. The molecule has 1 atom stereocenters. The SMILES string of the molecule is O=C(c1cccs1)N(CCN1CCOCC1)CC(=O)N1N=C(c2ccc([N+](=O)[O-])cc2)CC1c1ccco1. The minimum atomic E-state index is -0.486. The first-order valence-corrected chi connectivity index (χ1v) is 13.2. The van der Waals surface area contributed by atoms with Crippen molar-refractivity contribution in [1.82, 2.24) is 14.8 Å². The van der Waals surface area contributed by atoms with Crippen molar-refractivity contribution in [3.05, 3.63) is 86.5 Å². The van der Waals surface area contributed by atoms with Crippen molar-refractivity contribution in [3.63, 3.8) is 0 Å². The number of morpholine rings is 1. The first-order chi connectivity index (χ1) is 18.5. The van der Waals surface area contributed by atoms with Crippen LogP contribution in [0.4, 0.5) is 5.69 Å². The number of hydrazone groups is 1. The Kier molecular flexibility index (Phi) is 7.91. The summed E-state index contributed by atoms with van der Waals surface area (Å²) < 4.78 is 11.0. The van der Waals surface area contributed by atoms with Crippen molar-refractivity contribution in [3.8, 4) is 0 Å². The Hall–Kier alpha value is -3.87. The molecule has 2 aliphatic heterocycles. The van der Waals surface area contributed by atoms with Gasteiger partial charge in [0.1, 0.15) is 18.3 Å². The Morgan fingerprint density at radius 1 is 1.13 bits per heavy atom. The summed E-state index contributed by atoms with van der Waals surface area (Å²) in [6.07, 6.45) is 1.92. The number of nitro benzene ring substituents is 1. The molecule has 0 saturated carbocycles. The van der Waals surface area contributed by atoms with Gasteiger partial charge >= 0.3 is 0 Å². The Morgan fingerprint density at radius 3 is 2.58 bits per heavy atom. The zero-order valence-electron chi connectivity index (χ0n) is 20.6. The number of rotatable bonds is 9. The lowest BCUT2D eigenvalue weighted by Gasteiger charge is -2.30. The summed E-state index contributed by atoms with van der Waals surface area (Å²) in [5.74, 6) is 0.0357. The molecule has 0 bridgehead atoms. The molecular formula is C26H27N5O6S. The van der Waals surface area contributed by atoms with E-state index in [0.717, 1.165) is 13.1 Å². The molecule has 1 aromatic carbocycles. The van der Waals surface area contributed by atoms with E-state index in [4.69, 9.17) is 9.15 Å². The number of nitrogens with zero attached hydrogens (tertiary/aromatic N) is 5. The topological polar surface area (TPSA) is 122 Å². The highest BCUT2D eigenvalue weighted by Gasteiger charge is 2.36. The van der Waals surface area contributed by atoms with Crippen LogP contribution in [0.5, 0.6) is 0 Å². The van der Waals surface area contributed by atoms with Crippen molar-refractivity contribution in [2.45, 2.75) is 12.5 Å². The highest BCUT2D eigenvalue weighted by molar-refractivity contribution is 7.12. The minimum Gasteiger partial charge on any atom is -0.467 e. The molecule has 0 radical (unpaired) electrons. The molecule has 3 aromatic rings. The zero-order chi connectivity index (χ0) is 26.5. The van der Waals surface area contributed by atoms with Crippen LogP contribution in [0.1, 0.15) is 33.5 Å². The van der Waals surface area contributed by atoms with E-state index >= 15 is 0 Å². The molecule has 38 heavy (non-hydrogen) atoms. The molecule has 0 N–H and O–H groups in total. The Balaban J connectivity index is 1.37. The largest absolute Gasteiger partial charge is 0.467 e. The van der Waals surface area contributed by atoms with Crippen molar-refractivity contribution < 1.29 is 23.7 Å². The van der Waals surface area contributed by atoms with Crippen LogP contribution >= 0.6 is 11.3 Å². The van der Waals surface area contributed by atoms with E-state index in [1.54, 1.807) is 35.2 Å². The van der Waals surface area contributed by atoms with Crippen molar-refractivity contribution in [1.29, 1.82) is 0 Å². The van der Waals surface area contributed by atoms with Gasteiger partial charge < -0.3 is 14.1 Å². The normalized spacial score (nSPS) is 17.8. The molecule has 1 unspecified atom stereocenters. The molecule has 0 spiro atoms. The van der Waals surface area contributed by atoms with Gasteiger partial charge in [-0.05, 0) is 41.3 Å². The van der Waals surface area contributed by atoms with Crippen LogP contribution < -0.4 is 0 Å². The molecule has 2 aliphatic rings. The summed E-state index contributed by atoms with van der Waals surface area (Å²) in [5.41, 5.74) is 1.27. The van der Waals surface area contributed by atoms with Crippen LogP contribution in [-0.2, 0) is 9.53 Å². The third-order valence-electron chi connectivity index (χ3n) is 6.58. The number of carbonyl (C=O) groups excluding carboxylic acids is 2. The smallest absolute Gasteiger partial charge is 0.269 e. The number of benzene rings is 1. The number of carbonyl (C=O) groups is 2. The number of hydrogen-bond donors (Lipinski definition) is 0. The molecule has 2 amide bonds. The quantitative estimate of drug-likeness (QED) is 0.303. The number of nitro groups is 1. The van der Waals surface area contributed by atoms with Gasteiger partial charge in [-0.1, -0.05) is 6.07 Å². The minimum absolute atomic E-state index is 0.0223. The Bertz CT molecular complexity index is 1290. The summed E-state index contributed by atoms with van der Waals surface area (Å²) in [7, 11) is 0. The predicted molar refractivity (Wildman–Crippen MR) is 140 cm³/mol. The number of thiophene rings is 1. The van der Waals surface area contributed by atoms with E-state index in [-0.39, 0.29) is 24.0 Å². The van der Waals surface area contributed by atoms with Crippen molar-refractivity contribution >= 4 is 34.6 Å². The molecule has 0 aliphatic carbocycles. The van der Waals surface area contributed by atoms with Crippen molar-refractivity contribution in [2.24, 2.45) is 5.10 Å². The maximum Gasteiger partial charge on any atom is 0.269 e. The number of ether oxygens (including phenoxy) is 1. The Labute approximate surface area is 223 Å². The second-order valence-electron chi connectivity index (χ2n) is 8.98. The average Bonchev–Trinajstić information content (AvgIpc) is 3.73. The maximum absolute atomic E-state index is 13.7. The average molecular weight is 538 g/mol. The van der Waals surface area contributed by atoms with E-state index < -0.39 is 11.0 Å². The first kappa shape index (κ1) is 25.8. The summed E-state index contributed by atoms with van der Waals surface area (Å²) in [5, 5.41) is 18.9. The summed E-state index contributed by atoms with van der Waals surface area (Å²) >= 11 is 1.34. The molecule has 198 valence electrons. The van der Waals surface area contributed by atoms with E-state index in [1.807, 2.05) is 11.4 Å². The molecule has 1 fully saturated rings.